The largest absolute Gasteiger partial charge is 0.452 e. The zero-order chi connectivity index (χ0) is 23.7. The van der Waals surface area contributed by atoms with Gasteiger partial charge in [-0.3, -0.25) is 4.98 Å². The van der Waals surface area contributed by atoms with Gasteiger partial charge in [0.1, 0.15) is 17.1 Å². The number of pyridine rings is 1. The lowest BCUT2D eigenvalue weighted by molar-refractivity contribution is -0.141. The Hall–Kier alpha value is -4.54. The number of hydrogen-bond donors (Lipinski definition) is 1. The number of alkyl halides is 3. The van der Waals surface area contributed by atoms with Gasteiger partial charge in [-0.05, 0) is 24.3 Å². The van der Waals surface area contributed by atoms with Crippen LogP contribution in [0, 0.1) is 5.82 Å². The van der Waals surface area contributed by atoms with Gasteiger partial charge in [0.25, 0.3) is 0 Å². The van der Waals surface area contributed by atoms with Gasteiger partial charge >= 0.3 is 6.18 Å². The molecule has 5 rings (SSSR count). The monoisotopic (exact) mass is 467 g/mol. The fourth-order valence-corrected chi connectivity index (χ4v) is 3.10. The van der Waals surface area contributed by atoms with E-state index in [1.807, 2.05) is 0 Å². The van der Waals surface area contributed by atoms with Crippen LogP contribution >= 0.6 is 0 Å². The van der Waals surface area contributed by atoms with Gasteiger partial charge in [-0.2, -0.15) is 13.2 Å². The average Bonchev–Trinajstić information content (AvgIpc) is 3.24. The lowest BCUT2D eigenvalue weighted by Gasteiger charge is -2.13. The summed E-state index contributed by atoms with van der Waals surface area (Å²) in [4.78, 5) is 19.2. The molecule has 1 N–H and O–H groups in total. The summed E-state index contributed by atoms with van der Waals surface area (Å²) in [6, 6.07) is 10.8. The van der Waals surface area contributed by atoms with Gasteiger partial charge in [-0.1, -0.05) is 12.1 Å². The molecule has 0 radical (unpaired) electrons. The smallest absolute Gasteiger partial charge is 0.433 e. The van der Waals surface area contributed by atoms with E-state index in [0.29, 0.717) is 22.6 Å². The molecule has 3 aromatic heterocycles. The van der Waals surface area contributed by atoms with Crippen molar-refractivity contribution in [3.63, 3.8) is 0 Å². The number of aromatic nitrogens is 5. The summed E-state index contributed by atoms with van der Waals surface area (Å²) in [5.41, 5.74) is 0.422. The van der Waals surface area contributed by atoms with E-state index in [1.54, 1.807) is 6.07 Å². The highest BCUT2D eigenvalue weighted by molar-refractivity contribution is 5.82. The number of nitrogens with one attached hydrogen (secondary N) is 1. The molecule has 0 unspecified atom stereocenters. The van der Waals surface area contributed by atoms with Gasteiger partial charge in [0.2, 0.25) is 0 Å². The molecule has 0 aliphatic carbocycles. The van der Waals surface area contributed by atoms with Crippen molar-refractivity contribution in [2.45, 2.75) is 6.18 Å². The number of para-hydroxylation sites is 1. The highest BCUT2D eigenvalue weighted by Gasteiger charge is 2.32. The first-order valence-corrected chi connectivity index (χ1v) is 9.80. The maximum absolute atomic E-state index is 14.2. The highest BCUT2D eigenvalue weighted by atomic mass is 19.4. The molecule has 0 bridgehead atoms. The standard InChI is InChI=1S/C23H13F4N5O2/c24-14-3-1-2-4-18(14)34-20-10-16-15(31-22(32-16)17-12-28-7-8-29-17)9-19(20)33-13-5-6-21(30-11-13)23(25,26)27/h1-12H,(H,31,32). The molecular formula is C23H13F4N5O2. The third-order valence-electron chi connectivity index (χ3n) is 4.66. The zero-order valence-electron chi connectivity index (χ0n) is 17.0. The molecule has 11 heteroatoms. The first-order valence-electron chi connectivity index (χ1n) is 9.80. The lowest BCUT2D eigenvalue weighted by Crippen LogP contribution is -2.07. The summed E-state index contributed by atoms with van der Waals surface area (Å²) in [7, 11) is 0. The van der Waals surface area contributed by atoms with Gasteiger partial charge in [0.15, 0.2) is 28.9 Å². The summed E-state index contributed by atoms with van der Waals surface area (Å²) < 4.78 is 64.2. The second kappa shape index (κ2) is 8.43. The fourth-order valence-electron chi connectivity index (χ4n) is 3.10. The summed E-state index contributed by atoms with van der Waals surface area (Å²) >= 11 is 0. The Morgan fingerprint density at radius 1 is 0.824 bits per heavy atom. The first kappa shape index (κ1) is 21.3. The van der Waals surface area contributed by atoms with Crippen LogP contribution in [0.1, 0.15) is 5.69 Å². The minimum Gasteiger partial charge on any atom is -0.452 e. The number of rotatable bonds is 5. The number of H-pyrrole nitrogens is 1. The average molecular weight is 467 g/mol. The molecule has 5 aromatic rings. The molecule has 34 heavy (non-hydrogen) atoms. The van der Waals surface area contributed by atoms with E-state index >= 15 is 0 Å². The molecule has 0 atom stereocenters. The van der Waals surface area contributed by atoms with Crippen molar-refractivity contribution in [1.29, 1.82) is 0 Å². The van der Waals surface area contributed by atoms with Gasteiger partial charge in [0, 0.05) is 24.5 Å². The molecule has 0 saturated carbocycles. The van der Waals surface area contributed by atoms with Crippen LogP contribution in [0.3, 0.4) is 0 Å². The van der Waals surface area contributed by atoms with E-state index < -0.39 is 17.7 Å². The highest BCUT2D eigenvalue weighted by Crippen LogP contribution is 2.39. The molecular weight excluding hydrogens is 454 g/mol. The number of nitrogens with zero attached hydrogens (tertiary/aromatic N) is 4. The Labute approximate surface area is 189 Å². The van der Waals surface area contributed by atoms with Crippen LogP contribution in [-0.2, 0) is 6.18 Å². The summed E-state index contributed by atoms with van der Waals surface area (Å²) in [6.45, 7) is 0. The summed E-state index contributed by atoms with van der Waals surface area (Å²) in [5.74, 6) is -0.0250. The van der Waals surface area contributed by atoms with Crippen LogP contribution in [0.5, 0.6) is 23.0 Å². The topological polar surface area (TPSA) is 85.8 Å². The van der Waals surface area contributed by atoms with E-state index in [0.717, 1.165) is 18.3 Å². The van der Waals surface area contributed by atoms with Gasteiger partial charge in [-0.15, -0.1) is 0 Å². The third kappa shape index (κ3) is 4.35. The number of benzene rings is 2. The van der Waals surface area contributed by atoms with Gasteiger partial charge in [0.05, 0.1) is 23.4 Å². The van der Waals surface area contributed by atoms with Crippen molar-refractivity contribution in [2.75, 3.05) is 0 Å². The van der Waals surface area contributed by atoms with Crippen molar-refractivity contribution in [3.8, 4) is 34.5 Å². The minimum atomic E-state index is -4.58. The van der Waals surface area contributed by atoms with E-state index in [9.17, 15) is 17.6 Å². The normalized spacial score (nSPS) is 11.5. The number of halogens is 4. The van der Waals surface area contributed by atoms with E-state index in [4.69, 9.17) is 9.47 Å². The lowest BCUT2D eigenvalue weighted by atomic mass is 10.2. The van der Waals surface area contributed by atoms with Crippen LogP contribution in [0.25, 0.3) is 22.6 Å². The molecule has 2 aromatic carbocycles. The van der Waals surface area contributed by atoms with Crippen molar-refractivity contribution >= 4 is 11.0 Å². The summed E-state index contributed by atoms with van der Waals surface area (Å²) in [6.07, 6.45) is 0.929. The van der Waals surface area contributed by atoms with Crippen LogP contribution < -0.4 is 9.47 Å². The Balaban J connectivity index is 1.56. The van der Waals surface area contributed by atoms with Crippen molar-refractivity contribution in [3.05, 3.63) is 84.8 Å². The SMILES string of the molecule is Fc1ccccc1Oc1cc2nc(-c3cnccn3)[nH]c2cc1Oc1ccc(C(F)(F)F)nc1. The Bertz CT molecular complexity index is 1450. The number of fused-ring (bicyclic) bond motifs is 1. The number of aromatic amines is 1. The van der Waals surface area contributed by atoms with Gasteiger partial charge in [-0.25, -0.2) is 19.3 Å². The van der Waals surface area contributed by atoms with E-state index in [1.165, 1.54) is 48.9 Å². The minimum absolute atomic E-state index is 0.0272. The Morgan fingerprint density at radius 2 is 1.65 bits per heavy atom. The van der Waals surface area contributed by atoms with Crippen LogP contribution in [-0.4, -0.2) is 24.9 Å². The fraction of sp³-hybridized carbons (Fsp3) is 0.0435. The summed E-state index contributed by atoms with van der Waals surface area (Å²) in [5, 5.41) is 0. The van der Waals surface area contributed by atoms with Crippen molar-refractivity contribution in [1.82, 2.24) is 24.9 Å². The molecule has 0 spiro atoms. The number of imidazole rings is 1. The predicted octanol–water partition coefficient (Wildman–Crippen LogP) is 6.16. The molecule has 0 amide bonds. The molecule has 3 heterocycles. The molecule has 0 aliphatic rings. The van der Waals surface area contributed by atoms with Crippen LogP contribution in [0.15, 0.2) is 73.3 Å². The van der Waals surface area contributed by atoms with E-state index in [-0.39, 0.29) is 23.0 Å². The van der Waals surface area contributed by atoms with Crippen molar-refractivity contribution in [2.24, 2.45) is 0 Å². The molecule has 7 nitrogen and oxygen atoms in total. The molecule has 0 saturated heterocycles. The zero-order valence-corrected chi connectivity index (χ0v) is 17.0. The molecule has 170 valence electrons. The number of hydrogen-bond acceptors (Lipinski definition) is 6. The Kier molecular flexibility index (Phi) is 5.28. The molecule has 0 aliphatic heterocycles. The quantitative estimate of drug-likeness (QED) is 0.312. The number of ether oxygens (including phenoxy) is 2. The van der Waals surface area contributed by atoms with Crippen LogP contribution in [0.4, 0.5) is 17.6 Å². The molecule has 0 fully saturated rings. The second-order valence-corrected chi connectivity index (χ2v) is 7.00. The first-order chi connectivity index (χ1) is 16.4. The third-order valence-corrected chi connectivity index (χ3v) is 4.66. The van der Waals surface area contributed by atoms with Crippen LogP contribution in [0.2, 0.25) is 0 Å². The van der Waals surface area contributed by atoms with E-state index in [2.05, 4.69) is 24.9 Å². The Morgan fingerprint density at radius 3 is 2.35 bits per heavy atom. The van der Waals surface area contributed by atoms with Crippen molar-refractivity contribution < 1.29 is 27.0 Å². The van der Waals surface area contributed by atoms with Gasteiger partial charge < -0.3 is 14.5 Å². The maximum atomic E-state index is 14.2. The maximum Gasteiger partial charge on any atom is 0.433 e. The second-order valence-electron chi connectivity index (χ2n) is 7.00. The predicted molar refractivity (Wildman–Crippen MR) is 113 cm³/mol.